The van der Waals surface area contributed by atoms with Gasteiger partial charge in [-0.2, -0.15) is 20.2 Å². The molecular weight excluding hydrogens is 380 g/mol. The van der Waals surface area contributed by atoms with Crippen LogP contribution in [0.15, 0.2) is 54.6 Å². The Labute approximate surface area is 174 Å². The normalized spacial score (nSPS) is 10.5. The lowest BCUT2D eigenvalue weighted by atomic mass is 10.1. The van der Waals surface area contributed by atoms with Gasteiger partial charge in [0.05, 0.1) is 11.6 Å². The van der Waals surface area contributed by atoms with Gasteiger partial charge in [-0.3, -0.25) is 0 Å². The fourth-order valence-corrected chi connectivity index (χ4v) is 2.65. The second kappa shape index (κ2) is 9.80. The monoisotopic (exact) mass is 400 g/mol. The number of nitrogens with two attached hydrogens (primary N) is 1. The molecule has 2 aromatic carbocycles. The number of nitrogens with one attached hydrogen (secondary N) is 1. The highest BCUT2D eigenvalue weighted by molar-refractivity contribution is 5.87. The van der Waals surface area contributed by atoms with Crippen LogP contribution in [-0.4, -0.2) is 20.9 Å². The van der Waals surface area contributed by atoms with Gasteiger partial charge in [0.1, 0.15) is 0 Å². The molecule has 0 atom stereocenters. The molecule has 0 saturated carbocycles. The van der Waals surface area contributed by atoms with Crippen molar-refractivity contribution in [2.45, 2.75) is 20.0 Å². The number of anilines is 3. The molecule has 0 aliphatic heterocycles. The number of carbonyl (C=O) groups is 1. The number of ether oxygens (including phenoxy) is 1. The van der Waals surface area contributed by atoms with Crippen molar-refractivity contribution < 1.29 is 9.53 Å². The van der Waals surface area contributed by atoms with Gasteiger partial charge in [-0.1, -0.05) is 37.3 Å². The highest BCUT2D eigenvalue weighted by atomic mass is 16.5. The number of rotatable bonds is 7. The molecule has 3 aromatic rings. The number of aryl methyl sites for hydroxylation is 1. The number of nitrogens with zero attached hydrogens (tertiary/aromatic N) is 4. The van der Waals surface area contributed by atoms with Crippen LogP contribution >= 0.6 is 0 Å². The van der Waals surface area contributed by atoms with Gasteiger partial charge >= 0.3 is 5.97 Å². The van der Waals surface area contributed by atoms with E-state index in [0.717, 1.165) is 23.2 Å². The Morgan fingerprint density at radius 3 is 2.67 bits per heavy atom. The van der Waals surface area contributed by atoms with Crippen LogP contribution in [0, 0.1) is 11.3 Å². The van der Waals surface area contributed by atoms with Crippen molar-refractivity contribution >= 4 is 29.6 Å². The number of nitriles is 1. The lowest BCUT2D eigenvalue weighted by Crippen LogP contribution is -2.10. The van der Waals surface area contributed by atoms with Gasteiger partial charge in [-0.15, -0.1) is 0 Å². The van der Waals surface area contributed by atoms with Gasteiger partial charge in [-0.05, 0) is 41.8 Å². The summed E-state index contributed by atoms with van der Waals surface area (Å²) in [5.41, 5.74) is 9.08. The molecule has 0 radical (unpaired) electrons. The van der Waals surface area contributed by atoms with Crippen LogP contribution in [0.2, 0.25) is 0 Å². The summed E-state index contributed by atoms with van der Waals surface area (Å²) in [5.74, 6) is -0.00786. The van der Waals surface area contributed by atoms with E-state index >= 15 is 0 Å². The van der Waals surface area contributed by atoms with E-state index in [9.17, 15) is 4.79 Å². The molecule has 1 heterocycles. The van der Waals surface area contributed by atoms with Gasteiger partial charge in [0.25, 0.3) is 0 Å². The molecule has 150 valence electrons. The van der Waals surface area contributed by atoms with Crippen molar-refractivity contribution in [2.75, 3.05) is 11.1 Å². The summed E-state index contributed by atoms with van der Waals surface area (Å²) in [6.07, 6.45) is 3.74. The molecule has 3 rings (SSSR count). The third kappa shape index (κ3) is 5.62. The predicted molar refractivity (Wildman–Crippen MR) is 113 cm³/mol. The summed E-state index contributed by atoms with van der Waals surface area (Å²) in [6, 6.07) is 16.7. The van der Waals surface area contributed by atoms with E-state index < -0.39 is 5.97 Å². The molecule has 0 aliphatic rings. The Morgan fingerprint density at radius 2 is 1.93 bits per heavy atom. The van der Waals surface area contributed by atoms with E-state index in [2.05, 4.69) is 27.2 Å². The molecule has 0 aliphatic carbocycles. The fourth-order valence-electron chi connectivity index (χ4n) is 2.65. The van der Waals surface area contributed by atoms with Gasteiger partial charge < -0.3 is 15.8 Å². The molecule has 8 heteroatoms. The number of hydrogen-bond donors (Lipinski definition) is 2. The van der Waals surface area contributed by atoms with Crippen molar-refractivity contribution in [3.8, 4) is 6.07 Å². The van der Waals surface area contributed by atoms with Crippen LogP contribution in [0.5, 0.6) is 0 Å². The number of nitrogen functional groups attached to an aromatic ring is 1. The first-order valence-corrected chi connectivity index (χ1v) is 9.27. The van der Waals surface area contributed by atoms with Crippen LogP contribution in [0.1, 0.15) is 29.4 Å². The van der Waals surface area contributed by atoms with Crippen molar-refractivity contribution in [3.05, 3.63) is 77.1 Å². The Kier molecular flexibility index (Phi) is 6.69. The van der Waals surface area contributed by atoms with E-state index in [1.807, 2.05) is 30.3 Å². The molecule has 0 amide bonds. The summed E-state index contributed by atoms with van der Waals surface area (Å²) in [7, 11) is 0. The van der Waals surface area contributed by atoms with E-state index in [1.54, 1.807) is 30.3 Å². The standard InChI is InChI=1S/C22H20N6O2/c1-2-17-5-3-4-6-18(17)25-22-27-19(26-21(24)28-22)14-30-20(29)12-11-15-7-9-16(13-23)10-8-15/h3-12H,2,14H2,1H3,(H3,24,25,26,27,28)/b12-11+. The SMILES string of the molecule is CCc1ccccc1Nc1nc(N)nc(COC(=O)/C=C/c2ccc(C#N)cc2)n1. The molecule has 0 saturated heterocycles. The van der Waals surface area contributed by atoms with Gasteiger partial charge in [0, 0.05) is 11.8 Å². The van der Waals surface area contributed by atoms with Crippen LogP contribution in [0.4, 0.5) is 17.6 Å². The zero-order chi connectivity index (χ0) is 21.3. The first-order valence-electron chi connectivity index (χ1n) is 9.27. The Bertz CT molecular complexity index is 1100. The minimum absolute atomic E-state index is 0.0284. The second-order valence-electron chi connectivity index (χ2n) is 6.24. The fraction of sp³-hybridized carbons (Fsp3) is 0.136. The highest BCUT2D eigenvalue weighted by Crippen LogP contribution is 2.19. The quantitative estimate of drug-likeness (QED) is 0.456. The van der Waals surface area contributed by atoms with Crippen LogP contribution in [0.3, 0.4) is 0 Å². The smallest absolute Gasteiger partial charge is 0.331 e. The van der Waals surface area contributed by atoms with Crippen LogP contribution in [-0.2, 0) is 22.6 Å². The van der Waals surface area contributed by atoms with E-state index in [0.29, 0.717) is 5.56 Å². The van der Waals surface area contributed by atoms with Crippen molar-refractivity contribution in [1.82, 2.24) is 15.0 Å². The average Bonchev–Trinajstić information content (AvgIpc) is 2.76. The van der Waals surface area contributed by atoms with Gasteiger partial charge in [0.15, 0.2) is 12.4 Å². The summed E-state index contributed by atoms with van der Waals surface area (Å²) in [5, 5.41) is 11.9. The minimum Gasteiger partial charge on any atom is -0.454 e. The maximum Gasteiger partial charge on any atom is 0.331 e. The second-order valence-corrected chi connectivity index (χ2v) is 6.24. The van der Waals surface area contributed by atoms with Crippen LogP contribution in [0.25, 0.3) is 6.08 Å². The number of aromatic nitrogens is 3. The largest absolute Gasteiger partial charge is 0.454 e. The first-order chi connectivity index (χ1) is 14.6. The number of esters is 1. The first kappa shape index (κ1) is 20.5. The topological polar surface area (TPSA) is 127 Å². The Balaban J connectivity index is 1.63. The number of para-hydroxylation sites is 1. The molecule has 1 aromatic heterocycles. The predicted octanol–water partition coefficient (Wildman–Crippen LogP) is 3.39. The van der Waals surface area contributed by atoms with Crippen molar-refractivity contribution in [1.29, 1.82) is 5.26 Å². The summed E-state index contributed by atoms with van der Waals surface area (Å²) in [4.78, 5) is 24.3. The molecule has 3 N–H and O–H groups in total. The van der Waals surface area contributed by atoms with Crippen molar-refractivity contribution in [2.24, 2.45) is 0 Å². The zero-order valence-corrected chi connectivity index (χ0v) is 16.4. The molecule has 0 fully saturated rings. The average molecular weight is 400 g/mol. The third-order valence-electron chi connectivity index (χ3n) is 4.14. The zero-order valence-electron chi connectivity index (χ0n) is 16.4. The maximum atomic E-state index is 12.0. The third-order valence-corrected chi connectivity index (χ3v) is 4.14. The lowest BCUT2D eigenvalue weighted by Gasteiger charge is -2.10. The number of benzene rings is 2. The van der Waals surface area contributed by atoms with Crippen molar-refractivity contribution in [3.63, 3.8) is 0 Å². The highest BCUT2D eigenvalue weighted by Gasteiger charge is 2.09. The molecule has 30 heavy (non-hydrogen) atoms. The number of carbonyl (C=O) groups excluding carboxylic acids is 1. The number of hydrogen-bond acceptors (Lipinski definition) is 8. The molecular formula is C22H20N6O2. The van der Waals surface area contributed by atoms with E-state index in [4.69, 9.17) is 15.7 Å². The molecule has 8 nitrogen and oxygen atoms in total. The Hall–Kier alpha value is -4.25. The molecule has 0 spiro atoms. The van der Waals surface area contributed by atoms with Gasteiger partial charge in [-0.25, -0.2) is 4.79 Å². The van der Waals surface area contributed by atoms with E-state index in [-0.39, 0.29) is 24.3 Å². The van der Waals surface area contributed by atoms with Crippen LogP contribution < -0.4 is 11.1 Å². The molecule has 0 unspecified atom stereocenters. The minimum atomic E-state index is -0.552. The summed E-state index contributed by atoms with van der Waals surface area (Å²) < 4.78 is 5.19. The Morgan fingerprint density at radius 1 is 1.17 bits per heavy atom. The summed E-state index contributed by atoms with van der Waals surface area (Å²) in [6.45, 7) is 1.91. The lowest BCUT2D eigenvalue weighted by molar-refractivity contribution is -0.139. The van der Waals surface area contributed by atoms with Gasteiger partial charge in [0.2, 0.25) is 11.9 Å². The summed E-state index contributed by atoms with van der Waals surface area (Å²) >= 11 is 0. The van der Waals surface area contributed by atoms with E-state index in [1.165, 1.54) is 6.08 Å². The maximum absolute atomic E-state index is 12.0. The molecule has 0 bridgehead atoms.